The second-order valence-electron chi connectivity index (χ2n) is 19.0. The first-order chi connectivity index (χ1) is 32.3. The van der Waals surface area contributed by atoms with Gasteiger partial charge in [-0.1, -0.05) is 39.2 Å². The number of benzene rings is 2. The number of carbonyl (C=O) groups is 8. The van der Waals surface area contributed by atoms with Gasteiger partial charge in [-0.2, -0.15) is 5.06 Å². The number of rotatable bonds is 23. The Kier molecular flexibility index (Phi) is 20.8. The number of hydrogen-bond acceptors (Lipinski definition) is 14. The second-order valence-corrected chi connectivity index (χ2v) is 19.0. The highest BCUT2D eigenvalue weighted by molar-refractivity contribution is 6.00. The maximum atomic E-state index is 13.7. The molecule has 1 heterocycles. The lowest BCUT2D eigenvalue weighted by Crippen LogP contribution is -2.49. The molecule has 3 atom stereocenters. The second kappa shape index (κ2) is 25.4. The maximum Gasteiger partial charge on any atom is 0.412 e. The van der Waals surface area contributed by atoms with Crippen molar-refractivity contribution in [2.45, 2.75) is 150 Å². The Morgan fingerprint density at radius 1 is 0.754 bits per heavy atom. The number of furan rings is 1. The number of nitrogens with one attached hydrogen (secondary N) is 4. The van der Waals surface area contributed by atoms with Crippen LogP contribution in [0.1, 0.15) is 153 Å². The number of esters is 2. The van der Waals surface area contributed by atoms with Gasteiger partial charge in [0, 0.05) is 11.3 Å². The van der Waals surface area contributed by atoms with Gasteiger partial charge < -0.3 is 44.2 Å². The Balaban J connectivity index is 1.71. The molecule has 0 saturated heterocycles. The molecular weight excluding hydrogens is 895 g/mol. The number of unbranched alkanes of at least 4 members (excludes halogenated alkanes) is 2. The predicted molar refractivity (Wildman–Crippen MR) is 255 cm³/mol. The molecule has 0 saturated carbocycles. The molecule has 3 rings (SSSR count). The number of carbonyl (C=O) groups excluding carboxylic acids is 8. The summed E-state index contributed by atoms with van der Waals surface area (Å²) in [5.41, 5.74) is -1.51. The van der Waals surface area contributed by atoms with Crippen molar-refractivity contribution in [1.29, 1.82) is 0 Å². The van der Waals surface area contributed by atoms with E-state index in [2.05, 4.69) is 21.3 Å². The van der Waals surface area contributed by atoms with Crippen molar-refractivity contribution in [3.05, 3.63) is 71.5 Å². The molecule has 0 aliphatic heterocycles. The summed E-state index contributed by atoms with van der Waals surface area (Å²) in [6.45, 7) is 20.5. The summed E-state index contributed by atoms with van der Waals surface area (Å²) in [5.74, 6) is -4.83. The van der Waals surface area contributed by atoms with Crippen molar-refractivity contribution < 1.29 is 66.6 Å². The minimum atomic E-state index is -1.37. The topological polar surface area (TPSA) is 247 Å². The smallest absolute Gasteiger partial charge is 0.412 e. The summed E-state index contributed by atoms with van der Waals surface area (Å²) >= 11 is 0. The summed E-state index contributed by atoms with van der Waals surface area (Å²) in [6.07, 6.45) is 2.08. The monoisotopic (exact) mass is 963 g/mol. The summed E-state index contributed by atoms with van der Waals surface area (Å²) in [7, 11) is 0. The minimum absolute atomic E-state index is 0.0483. The quantitative estimate of drug-likeness (QED) is 0.0176. The van der Waals surface area contributed by atoms with E-state index in [1.54, 1.807) is 82.2 Å². The summed E-state index contributed by atoms with van der Waals surface area (Å²) in [4.78, 5) is 110. The highest BCUT2D eigenvalue weighted by atomic mass is 16.7. The molecule has 3 aromatic rings. The normalized spacial score (nSPS) is 12.8. The van der Waals surface area contributed by atoms with E-state index in [1.807, 2.05) is 6.92 Å². The number of ether oxygens (including phenoxy) is 4. The standard InChI is InChI=1S/C50H69N5O14/c1-13-16-17-18-34(37(14-2)55(30-56)69-45(61)31-19-22-33(23-20-31)53-47(63)68-50(10,11)12)42(58)51-29-52-44(60)39-26-25-38(65-39)32-21-24-35(40(27-32)64-15-3)43(59)54-36(46(62)67-49(7,8)9)28-41(57)66-48(4,5)6/h19-27,30,34,36-37H,13-18,28-29H2,1-12H3,(H,51,58)(H,52,60)(H,53,63)(H,54,59). The van der Waals surface area contributed by atoms with E-state index in [0.717, 1.165) is 17.9 Å². The van der Waals surface area contributed by atoms with Crippen LogP contribution in [0.4, 0.5) is 10.5 Å². The summed E-state index contributed by atoms with van der Waals surface area (Å²) < 4.78 is 27.8. The van der Waals surface area contributed by atoms with Crippen molar-refractivity contribution in [3.63, 3.8) is 0 Å². The zero-order valence-corrected chi connectivity index (χ0v) is 41.8. The van der Waals surface area contributed by atoms with Crippen LogP contribution in [0, 0.1) is 5.92 Å². The van der Waals surface area contributed by atoms with Crippen molar-refractivity contribution >= 4 is 53.8 Å². The SMILES string of the molecule is CCCCCC(C(=O)NCNC(=O)c1ccc(-c2ccc(C(=O)NC(CC(=O)OC(C)(C)C)C(=O)OC(C)(C)C)c(OCC)c2)o1)C(CC)N(C=O)OC(=O)c1ccc(NC(=O)OC(C)(C)C)cc1. The van der Waals surface area contributed by atoms with Gasteiger partial charge in [0.25, 0.3) is 11.8 Å². The zero-order valence-electron chi connectivity index (χ0n) is 41.8. The first-order valence-corrected chi connectivity index (χ1v) is 23.0. The molecule has 0 aliphatic carbocycles. The fourth-order valence-corrected chi connectivity index (χ4v) is 6.72. The molecule has 5 amide bonds. The molecule has 1 aromatic heterocycles. The van der Waals surface area contributed by atoms with Crippen LogP contribution in [-0.4, -0.2) is 95.4 Å². The van der Waals surface area contributed by atoms with Gasteiger partial charge in [-0.15, -0.1) is 0 Å². The Labute approximate surface area is 404 Å². The van der Waals surface area contributed by atoms with Gasteiger partial charge in [-0.3, -0.25) is 29.3 Å². The van der Waals surface area contributed by atoms with Crippen LogP contribution in [0.15, 0.2) is 59.0 Å². The Bertz CT molecular complexity index is 2250. The van der Waals surface area contributed by atoms with E-state index in [-0.39, 0.29) is 48.1 Å². The average molecular weight is 964 g/mol. The van der Waals surface area contributed by atoms with Gasteiger partial charge in [-0.25, -0.2) is 14.4 Å². The minimum Gasteiger partial charge on any atom is -0.493 e. The predicted octanol–water partition coefficient (Wildman–Crippen LogP) is 7.87. The molecule has 2 aromatic carbocycles. The molecule has 0 radical (unpaired) electrons. The molecule has 19 heteroatoms. The largest absolute Gasteiger partial charge is 0.493 e. The third-order valence-electron chi connectivity index (χ3n) is 9.66. The molecular formula is C50H69N5O14. The van der Waals surface area contributed by atoms with Crippen molar-refractivity contribution in [1.82, 2.24) is 21.0 Å². The third-order valence-corrected chi connectivity index (χ3v) is 9.66. The van der Waals surface area contributed by atoms with E-state index in [4.69, 9.17) is 28.2 Å². The fourth-order valence-electron chi connectivity index (χ4n) is 6.72. The van der Waals surface area contributed by atoms with Gasteiger partial charge in [0.2, 0.25) is 12.3 Å². The van der Waals surface area contributed by atoms with Crippen LogP contribution in [0.25, 0.3) is 11.3 Å². The third kappa shape index (κ3) is 18.9. The number of amides is 5. The molecule has 4 N–H and O–H groups in total. The van der Waals surface area contributed by atoms with E-state index in [1.165, 1.54) is 48.5 Å². The first kappa shape index (κ1) is 56.4. The van der Waals surface area contributed by atoms with Crippen LogP contribution in [0.5, 0.6) is 5.75 Å². The van der Waals surface area contributed by atoms with E-state index in [0.29, 0.717) is 30.5 Å². The highest BCUT2D eigenvalue weighted by Gasteiger charge is 2.35. The van der Waals surface area contributed by atoms with Gasteiger partial charge in [0.15, 0.2) is 5.76 Å². The lowest BCUT2D eigenvalue weighted by molar-refractivity contribution is -0.171. The fraction of sp³-hybridized carbons (Fsp3) is 0.520. The van der Waals surface area contributed by atoms with Crippen molar-refractivity contribution in [2.75, 3.05) is 18.6 Å². The lowest BCUT2D eigenvalue weighted by Gasteiger charge is -2.31. The van der Waals surface area contributed by atoms with E-state index >= 15 is 0 Å². The first-order valence-electron chi connectivity index (χ1n) is 23.0. The molecule has 0 spiro atoms. The maximum absolute atomic E-state index is 13.7. The van der Waals surface area contributed by atoms with Gasteiger partial charge >= 0.3 is 24.0 Å². The number of anilines is 1. The zero-order chi connectivity index (χ0) is 51.7. The van der Waals surface area contributed by atoms with Crippen LogP contribution < -0.4 is 26.0 Å². The molecule has 19 nitrogen and oxygen atoms in total. The molecule has 0 fully saturated rings. The Hall–Kier alpha value is -6.92. The van der Waals surface area contributed by atoms with Crippen LogP contribution in [0.2, 0.25) is 0 Å². The number of hydroxylamine groups is 2. The molecule has 0 bridgehead atoms. The summed E-state index contributed by atoms with van der Waals surface area (Å²) in [6, 6.07) is 11.0. The molecule has 69 heavy (non-hydrogen) atoms. The summed E-state index contributed by atoms with van der Waals surface area (Å²) in [5, 5.41) is 11.3. The van der Waals surface area contributed by atoms with E-state index < -0.39 is 82.9 Å². The van der Waals surface area contributed by atoms with Crippen LogP contribution >= 0.6 is 0 Å². The Morgan fingerprint density at radius 3 is 1.99 bits per heavy atom. The lowest BCUT2D eigenvalue weighted by atomic mass is 9.90. The van der Waals surface area contributed by atoms with Gasteiger partial charge in [0.1, 0.15) is 34.4 Å². The van der Waals surface area contributed by atoms with Crippen molar-refractivity contribution in [2.24, 2.45) is 5.92 Å². The average Bonchev–Trinajstić information content (AvgIpc) is 3.74. The Morgan fingerprint density at radius 2 is 1.41 bits per heavy atom. The van der Waals surface area contributed by atoms with E-state index in [9.17, 15) is 38.4 Å². The highest BCUT2D eigenvalue weighted by Crippen LogP contribution is 2.30. The van der Waals surface area contributed by atoms with Gasteiger partial charge in [-0.05, 0) is 131 Å². The number of hydrogen-bond donors (Lipinski definition) is 4. The molecule has 0 aliphatic rings. The molecule has 378 valence electrons. The number of nitrogens with zero attached hydrogens (tertiary/aromatic N) is 1. The molecule has 3 unspecified atom stereocenters. The van der Waals surface area contributed by atoms with Crippen LogP contribution in [0.3, 0.4) is 0 Å². The van der Waals surface area contributed by atoms with Gasteiger partial charge in [0.05, 0.1) is 42.8 Å². The van der Waals surface area contributed by atoms with Crippen LogP contribution in [-0.2, 0) is 38.2 Å². The van der Waals surface area contributed by atoms with Crippen molar-refractivity contribution in [3.8, 4) is 17.1 Å².